The van der Waals surface area contributed by atoms with Gasteiger partial charge in [-0.3, -0.25) is 4.79 Å². The Labute approximate surface area is 207 Å². The van der Waals surface area contributed by atoms with Gasteiger partial charge in [-0.25, -0.2) is 0 Å². The molecule has 1 N–H and O–H groups in total. The van der Waals surface area contributed by atoms with Gasteiger partial charge in [0.1, 0.15) is 0 Å². The Hall–Kier alpha value is -1.89. The topological polar surface area (TPSA) is 49.8 Å². The lowest BCUT2D eigenvalue weighted by Gasteiger charge is -2.43. The van der Waals surface area contributed by atoms with E-state index in [1.54, 1.807) is 4.90 Å². The number of amides is 1. The van der Waals surface area contributed by atoms with Crippen LogP contribution in [0.1, 0.15) is 59.1 Å². The van der Waals surface area contributed by atoms with Gasteiger partial charge < -0.3 is 14.4 Å². The van der Waals surface area contributed by atoms with Crippen molar-refractivity contribution in [2.75, 3.05) is 4.90 Å². The number of hydrogen-bond donors (Lipinski definition) is 1. The Balaban J connectivity index is 1.97. The summed E-state index contributed by atoms with van der Waals surface area (Å²) in [6.07, 6.45) is 0.0431. The largest absolute Gasteiger partial charge is 0.546 e. The van der Waals surface area contributed by atoms with Crippen molar-refractivity contribution < 1.29 is 14.3 Å². The van der Waals surface area contributed by atoms with Crippen LogP contribution < -0.4 is 4.90 Å². The van der Waals surface area contributed by atoms with E-state index in [0.717, 1.165) is 10.0 Å². The summed E-state index contributed by atoms with van der Waals surface area (Å²) in [5.41, 5.74) is 1.71. The van der Waals surface area contributed by atoms with Gasteiger partial charge in [-0.2, -0.15) is 0 Å². The van der Waals surface area contributed by atoms with Crippen LogP contribution in [0.3, 0.4) is 0 Å². The van der Waals surface area contributed by atoms with Gasteiger partial charge in [-0.15, -0.1) is 0 Å². The predicted molar refractivity (Wildman–Crippen MR) is 142 cm³/mol. The number of aliphatic hydroxyl groups is 1. The second-order valence-electron chi connectivity index (χ2n) is 10.0. The number of para-hydroxylation sites is 1. The molecule has 6 heteroatoms. The SMILES string of the molecule is C=C(C[C@]1(O)C(=O)N(Cc2ccccc2)c2c(Br)cccc21)O[Si](C(C)C)(C(C)C)C(C)C. The number of anilines is 1. The van der Waals surface area contributed by atoms with E-state index in [1.165, 1.54) is 0 Å². The van der Waals surface area contributed by atoms with Crippen molar-refractivity contribution >= 4 is 35.8 Å². The fourth-order valence-corrected chi connectivity index (χ4v) is 11.4. The first-order valence-electron chi connectivity index (χ1n) is 11.7. The number of halogens is 1. The van der Waals surface area contributed by atoms with Crippen LogP contribution in [0, 0.1) is 0 Å². The Morgan fingerprint density at radius 3 is 2.15 bits per heavy atom. The molecule has 0 unspecified atom stereocenters. The molecule has 0 aromatic heterocycles. The van der Waals surface area contributed by atoms with Gasteiger partial charge in [0.05, 0.1) is 18.0 Å². The summed E-state index contributed by atoms with van der Waals surface area (Å²) in [7, 11) is -2.24. The van der Waals surface area contributed by atoms with Gasteiger partial charge in [0.15, 0.2) is 5.60 Å². The molecule has 2 aromatic carbocycles. The smallest absolute Gasteiger partial charge is 0.264 e. The molecule has 0 saturated carbocycles. The van der Waals surface area contributed by atoms with E-state index in [-0.39, 0.29) is 12.3 Å². The van der Waals surface area contributed by atoms with Crippen molar-refractivity contribution in [2.45, 2.75) is 76.7 Å². The molecule has 33 heavy (non-hydrogen) atoms. The number of rotatable bonds is 9. The summed E-state index contributed by atoms with van der Waals surface area (Å²) < 4.78 is 7.48. The van der Waals surface area contributed by atoms with Crippen molar-refractivity contribution in [1.29, 1.82) is 0 Å². The minimum atomic E-state index is -2.24. The van der Waals surface area contributed by atoms with E-state index in [4.69, 9.17) is 4.43 Å². The van der Waals surface area contributed by atoms with Gasteiger partial charge >= 0.3 is 0 Å². The third-order valence-electron chi connectivity index (χ3n) is 6.97. The van der Waals surface area contributed by atoms with Gasteiger partial charge in [0.2, 0.25) is 0 Å². The fraction of sp³-hybridized carbons (Fsp3) is 0.444. The maximum absolute atomic E-state index is 13.7. The van der Waals surface area contributed by atoms with Crippen molar-refractivity contribution in [3.8, 4) is 0 Å². The molecular weight excluding hydrogens is 494 g/mol. The predicted octanol–water partition coefficient (Wildman–Crippen LogP) is 7.28. The zero-order chi connectivity index (χ0) is 24.6. The van der Waals surface area contributed by atoms with Gasteiger partial charge in [-0.05, 0) is 44.2 Å². The van der Waals surface area contributed by atoms with Crippen molar-refractivity contribution in [3.63, 3.8) is 0 Å². The summed E-state index contributed by atoms with van der Waals surface area (Å²) in [5, 5.41) is 11.8. The van der Waals surface area contributed by atoms with Crippen LogP contribution in [-0.2, 0) is 21.4 Å². The first-order valence-corrected chi connectivity index (χ1v) is 14.6. The monoisotopic (exact) mass is 529 g/mol. The van der Waals surface area contributed by atoms with Crippen molar-refractivity contribution in [2.24, 2.45) is 0 Å². The van der Waals surface area contributed by atoms with Crippen LogP contribution in [0.2, 0.25) is 16.6 Å². The molecular formula is C27H36BrNO3Si. The molecule has 0 saturated heterocycles. The molecule has 1 aliphatic rings. The lowest BCUT2D eigenvalue weighted by molar-refractivity contribution is -0.136. The molecule has 1 amide bonds. The molecule has 2 aromatic rings. The fourth-order valence-electron chi connectivity index (χ4n) is 5.58. The second kappa shape index (κ2) is 9.77. The van der Waals surface area contributed by atoms with Crippen LogP contribution >= 0.6 is 15.9 Å². The molecule has 1 heterocycles. The first kappa shape index (κ1) is 25.7. The van der Waals surface area contributed by atoms with E-state index >= 15 is 0 Å². The van der Waals surface area contributed by atoms with E-state index in [1.807, 2.05) is 48.5 Å². The van der Waals surface area contributed by atoms with Crippen molar-refractivity contribution in [1.82, 2.24) is 0 Å². The van der Waals surface area contributed by atoms with Crippen LogP contribution in [0.5, 0.6) is 0 Å². The maximum atomic E-state index is 13.7. The molecule has 3 rings (SSSR count). The lowest BCUT2D eigenvalue weighted by Crippen LogP contribution is -2.48. The zero-order valence-electron chi connectivity index (χ0n) is 20.6. The van der Waals surface area contributed by atoms with Crippen LogP contribution in [0.4, 0.5) is 5.69 Å². The van der Waals surface area contributed by atoms with E-state index in [2.05, 4.69) is 64.1 Å². The summed E-state index contributed by atoms with van der Waals surface area (Å²) in [6, 6.07) is 15.4. The van der Waals surface area contributed by atoms with Crippen LogP contribution in [0.15, 0.2) is 65.3 Å². The Bertz CT molecular complexity index is 1000. The number of carbonyl (C=O) groups excluding carboxylic acids is 1. The standard InChI is InChI=1S/C27H36BrNO3Si/c1-18(2)33(19(3)4,20(5)6)32-21(7)16-27(31)23-14-11-15-24(28)25(23)29(26(27)30)17-22-12-9-8-10-13-22/h8-15,18-20,31H,7,16-17H2,1-6H3/t27-/m1/s1. The zero-order valence-corrected chi connectivity index (χ0v) is 23.1. The average molecular weight is 531 g/mol. The summed E-state index contributed by atoms with van der Waals surface area (Å²) >= 11 is 3.60. The molecule has 1 aliphatic heterocycles. The average Bonchev–Trinajstić information content (AvgIpc) is 2.94. The molecule has 0 aliphatic carbocycles. The molecule has 178 valence electrons. The minimum Gasteiger partial charge on any atom is -0.546 e. The van der Waals surface area contributed by atoms with Crippen LogP contribution in [0.25, 0.3) is 0 Å². The number of carbonyl (C=O) groups is 1. The Kier molecular flexibility index (Phi) is 7.61. The highest BCUT2D eigenvalue weighted by atomic mass is 79.9. The highest BCUT2D eigenvalue weighted by Gasteiger charge is 2.53. The van der Waals surface area contributed by atoms with Crippen LogP contribution in [-0.4, -0.2) is 19.3 Å². The third-order valence-corrected chi connectivity index (χ3v) is 13.7. The van der Waals surface area contributed by atoms with Gasteiger partial charge in [0, 0.05) is 16.5 Å². The Morgan fingerprint density at radius 2 is 1.61 bits per heavy atom. The van der Waals surface area contributed by atoms with Gasteiger partial charge in [0.25, 0.3) is 14.2 Å². The molecule has 0 bridgehead atoms. The minimum absolute atomic E-state index is 0.0431. The highest BCUT2D eigenvalue weighted by Crippen LogP contribution is 2.49. The maximum Gasteiger partial charge on any atom is 0.264 e. The van der Waals surface area contributed by atoms with E-state index in [0.29, 0.717) is 40.2 Å². The second-order valence-corrected chi connectivity index (χ2v) is 16.2. The quantitative estimate of drug-likeness (QED) is 0.274. The normalized spacial score (nSPS) is 18.4. The summed E-state index contributed by atoms with van der Waals surface area (Å²) in [5.74, 6) is 0.144. The number of hydrogen-bond acceptors (Lipinski definition) is 3. The molecule has 0 radical (unpaired) electrons. The Morgan fingerprint density at radius 1 is 1.03 bits per heavy atom. The number of fused-ring (bicyclic) bond motifs is 1. The number of nitrogens with zero attached hydrogens (tertiary/aromatic N) is 1. The van der Waals surface area contributed by atoms with Gasteiger partial charge in [-0.1, -0.05) is 90.6 Å². The lowest BCUT2D eigenvalue weighted by atomic mass is 9.91. The molecule has 1 atom stereocenters. The molecule has 0 spiro atoms. The van der Waals surface area contributed by atoms with E-state index < -0.39 is 13.9 Å². The summed E-state index contributed by atoms with van der Waals surface area (Å²) in [6.45, 7) is 17.9. The molecule has 0 fully saturated rings. The van der Waals surface area contributed by atoms with E-state index in [9.17, 15) is 9.90 Å². The number of benzene rings is 2. The first-order chi connectivity index (χ1) is 15.4. The van der Waals surface area contributed by atoms with Crippen molar-refractivity contribution in [3.05, 3.63) is 76.5 Å². The highest BCUT2D eigenvalue weighted by molar-refractivity contribution is 9.10. The third kappa shape index (κ3) is 4.57. The summed E-state index contributed by atoms with van der Waals surface area (Å²) in [4.78, 5) is 15.4. The molecule has 4 nitrogen and oxygen atoms in total.